The number of methoxy groups -OCH3 is 3. The Balaban J connectivity index is 2.13. The quantitative estimate of drug-likeness (QED) is 0.510. The highest BCUT2D eigenvalue weighted by Gasteiger charge is 2.10. The van der Waals surface area contributed by atoms with E-state index in [1.54, 1.807) is 25.3 Å². The molecule has 0 spiro atoms. The Kier molecular flexibility index (Phi) is 6.83. The minimum atomic E-state index is -0.375. The van der Waals surface area contributed by atoms with Crippen molar-refractivity contribution in [2.45, 2.75) is 0 Å². The van der Waals surface area contributed by atoms with E-state index in [0.29, 0.717) is 22.8 Å². The zero-order valence-corrected chi connectivity index (χ0v) is 17.0. The van der Waals surface area contributed by atoms with Crippen molar-refractivity contribution in [1.82, 2.24) is 5.43 Å². The van der Waals surface area contributed by atoms with Gasteiger partial charge in [0.05, 0.1) is 36.5 Å². The second-order valence-electron chi connectivity index (χ2n) is 4.82. The third-order valence-corrected chi connectivity index (χ3v) is 4.40. The zero-order valence-electron chi connectivity index (χ0n) is 13.8. The average molecular weight is 472 g/mol. The van der Waals surface area contributed by atoms with Crippen LogP contribution in [-0.4, -0.2) is 33.5 Å². The second-order valence-corrected chi connectivity index (χ2v) is 6.53. The van der Waals surface area contributed by atoms with Gasteiger partial charge in [-0.3, -0.25) is 4.79 Å². The largest absolute Gasteiger partial charge is 0.497 e. The molecular formula is C17H16Br2N2O4. The van der Waals surface area contributed by atoms with Crippen LogP contribution in [0.4, 0.5) is 0 Å². The van der Waals surface area contributed by atoms with Crippen molar-refractivity contribution in [1.29, 1.82) is 0 Å². The van der Waals surface area contributed by atoms with Crippen LogP contribution in [0, 0.1) is 0 Å². The molecule has 2 rings (SSSR count). The molecule has 6 nitrogen and oxygen atoms in total. The van der Waals surface area contributed by atoms with Crippen LogP contribution in [0.15, 0.2) is 44.4 Å². The fraction of sp³-hybridized carbons (Fsp3) is 0.176. The number of hydrazone groups is 1. The normalized spacial score (nSPS) is 10.6. The monoisotopic (exact) mass is 470 g/mol. The van der Waals surface area contributed by atoms with Gasteiger partial charge in [-0.05, 0) is 61.7 Å². The van der Waals surface area contributed by atoms with Gasteiger partial charge in [-0.15, -0.1) is 0 Å². The molecule has 0 saturated carbocycles. The highest BCUT2D eigenvalue weighted by molar-refractivity contribution is 9.11. The van der Waals surface area contributed by atoms with Gasteiger partial charge in [0.15, 0.2) is 0 Å². The van der Waals surface area contributed by atoms with Crippen molar-refractivity contribution in [2.24, 2.45) is 5.10 Å². The molecular weight excluding hydrogens is 456 g/mol. The van der Waals surface area contributed by atoms with Crippen molar-refractivity contribution in [3.63, 3.8) is 0 Å². The summed E-state index contributed by atoms with van der Waals surface area (Å²) in [5.41, 5.74) is 3.64. The first-order valence-corrected chi connectivity index (χ1v) is 8.66. The number of rotatable bonds is 6. The van der Waals surface area contributed by atoms with Gasteiger partial charge >= 0.3 is 0 Å². The molecule has 0 aliphatic heterocycles. The standard InChI is InChI=1S/C17H16Br2N2O4/c1-23-12-6-11(7-13(8-12)24-2)17(22)21-20-9-10-4-14(18)16(25-3)15(19)5-10/h4-9H,1-3H3,(H,21,22). The topological polar surface area (TPSA) is 69.2 Å². The number of carbonyl (C=O) groups excluding carboxylic acids is 1. The lowest BCUT2D eigenvalue weighted by Crippen LogP contribution is -2.17. The number of ether oxygens (including phenoxy) is 3. The lowest BCUT2D eigenvalue weighted by Gasteiger charge is -2.08. The van der Waals surface area contributed by atoms with Gasteiger partial charge < -0.3 is 14.2 Å². The van der Waals surface area contributed by atoms with E-state index in [1.807, 2.05) is 12.1 Å². The number of amides is 1. The third kappa shape index (κ3) is 4.96. The molecule has 0 aromatic heterocycles. The van der Waals surface area contributed by atoms with Crippen LogP contribution in [0.2, 0.25) is 0 Å². The summed E-state index contributed by atoms with van der Waals surface area (Å²) in [6, 6.07) is 8.55. The van der Waals surface area contributed by atoms with Crippen molar-refractivity contribution < 1.29 is 19.0 Å². The summed E-state index contributed by atoms with van der Waals surface area (Å²) in [5.74, 6) is 1.36. The van der Waals surface area contributed by atoms with Gasteiger partial charge in [-0.1, -0.05) is 0 Å². The maximum absolute atomic E-state index is 12.2. The summed E-state index contributed by atoms with van der Waals surface area (Å²) in [6.45, 7) is 0. The van der Waals surface area contributed by atoms with E-state index >= 15 is 0 Å². The number of nitrogens with zero attached hydrogens (tertiary/aromatic N) is 1. The molecule has 0 fully saturated rings. The molecule has 0 atom stereocenters. The second kappa shape index (κ2) is 8.87. The van der Waals surface area contributed by atoms with Gasteiger partial charge in [0.2, 0.25) is 0 Å². The summed E-state index contributed by atoms with van der Waals surface area (Å²) in [6.07, 6.45) is 1.53. The fourth-order valence-electron chi connectivity index (χ4n) is 2.02. The molecule has 0 saturated heterocycles. The summed E-state index contributed by atoms with van der Waals surface area (Å²) >= 11 is 6.83. The molecule has 132 valence electrons. The molecule has 8 heteroatoms. The SMILES string of the molecule is COc1cc(OC)cc(C(=O)NN=Cc2cc(Br)c(OC)c(Br)c2)c1. The van der Waals surface area contributed by atoms with Crippen LogP contribution < -0.4 is 19.6 Å². The predicted molar refractivity (Wildman–Crippen MR) is 103 cm³/mol. The molecule has 0 aliphatic rings. The number of benzene rings is 2. The third-order valence-electron chi connectivity index (χ3n) is 3.22. The Morgan fingerprint density at radius 1 is 0.960 bits per heavy atom. The molecule has 2 aromatic rings. The smallest absolute Gasteiger partial charge is 0.271 e. The van der Waals surface area contributed by atoms with E-state index < -0.39 is 0 Å². The minimum Gasteiger partial charge on any atom is -0.497 e. The highest BCUT2D eigenvalue weighted by atomic mass is 79.9. The molecule has 0 unspecified atom stereocenters. The van der Waals surface area contributed by atoms with E-state index in [9.17, 15) is 4.79 Å². The Hall–Kier alpha value is -2.06. The van der Waals surface area contributed by atoms with Crippen LogP contribution in [0.3, 0.4) is 0 Å². The average Bonchev–Trinajstić information content (AvgIpc) is 2.60. The van der Waals surface area contributed by atoms with Gasteiger partial charge in [0.25, 0.3) is 5.91 Å². The molecule has 2 aromatic carbocycles. The van der Waals surface area contributed by atoms with E-state index in [0.717, 1.165) is 14.5 Å². The van der Waals surface area contributed by atoms with Gasteiger partial charge in [0, 0.05) is 11.6 Å². The first-order valence-electron chi connectivity index (χ1n) is 7.08. The molecule has 0 bridgehead atoms. The fourth-order valence-corrected chi connectivity index (χ4v) is 3.56. The van der Waals surface area contributed by atoms with Gasteiger partial charge in [-0.2, -0.15) is 5.10 Å². The van der Waals surface area contributed by atoms with Crippen molar-refractivity contribution in [3.8, 4) is 17.2 Å². The predicted octanol–water partition coefficient (Wildman–Crippen LogP) is 4.00. The molecule has 0 aliphatic carbocycles. The van der Waals surface area contributed by atoms with Crippen LogP contribution >= 0.6 is 31.9 Å². The summed E-state index contributed by atoms with van der Waals surface area (Å²) < 4.78 is 17.1. The van der Waals surface area contributed by atoms with Crippen molar-refractivity contribution in [3.05, 3.63) is 50.4 Å². The molecule has 1 amide bonds. The Labute approximate surface area is 162 Å². The maximum atomic E-state index is 12.2. The van der Waals surface area contributed by atoms with Crippen LogP contribution in [-0.2, 0) is 0 Å². The van der Waals surface area contributed by atoms with Gasteiger partial charge in [0.1, 0.15) is 17.2 Å². The number of hydrogen-bond acceptors (Lipinski definition) is 5. The van der Waals surface area contributed by atoms with E-state index in [4.69, 9.17) is 14.2 Å². The lowest BCUT2D eigenvalue weighted by atomic mass is 10.2. The number of nitrogens with one attached hydrogen (secondary N) is 1. The highest BCUT2D eigenvalue weighted by Crippen LogP contribution is 2.33. The number of halogens is 2. The molecule has 0 heterocycles. The van der Waals surface area contributed by atoms with Crippen LogP contribution in [0.25, 0.3) is 0 Å². The van der Waals surface area contributed by atoms with Crippen molar-refractivity contribution >= 4 is 44.0 Å². The van der Waals surface area contributed by atoms with Crippen LogP contribution in [0.5, 0.6) is 17.2 Å². The van der Waals surface area contributed by atoms with E-state index in [2.05, 4.69) is 42.4 Å². The minimum absolute atomic E-state index is 0.375. The van der Waals surface area contributed by atoms with E-state index in [1.165, 1.54) is 20.4 Å². The summed E-state index contributed by atoms with van der Waals surface area (Å²) in [7, 11) is 4.63. The Bertz CT molecular complexity index is 764. The van der Waals surface area contributed by atoms with E-state index in [-0.39, 0.29) is 5.91 Å². The molecule has 25 heavy (non-hydrogen) atoms. The van der Waals surface area contributed by atoms with Crippen molar-refractivity contribution in [2.75, 3.05) is 21.3 Å². The van der Waals surface area contributed by atoms with Crippen LogP contribution in [0.1, 0.15) is 15.9 Å². The number of hydrogen-bond donors (Lipinski definition) is 1. The molecule has 1 N–H and O–H groups in total. The Morgan fingerprint density at radius 3 is 2.00 bits per heavy atom. The first-order chi connectivity index (χ1) is 12.0. The zero-order chi connectivity index (χ0) is 18.4. The lowest BCUT2D eigenvalue weighted by molar-refractivity contribution is 0.0954. The van der Waals surface area contributed by atoms with Gasteiger partial charge in [-0.25, -0.2) is 5.43 Å². The number of carbonyl (C=O) groups is 1. The first kappa shape index (κ1) is 19.3. The molecule has 0 radical (unpaired) electrons. The maximum Gasteiger partial charge on any atom is 0.271 e. The summed E-state index contributed by atoms with van der Waals surface area (Å²) in [4.78, 5) is 12.2. The Morgan fingerprint density at radius 2 is 1.52 bits per heavy atom. The summed E-state index contributed by atoms with van der Waals surface area (Å²) in [5, 5.41) is 3.98.